The molecule has 5 rings (SSSR count). The Morgan fingerprint density at radius 2 is 1.91 bits per heavy atom. The number of hydrogen-bond donors (Lipinski definition) is 1. The number of aromatic nitrogens is 3. The topological polar surface area (TPSA) is 99.4 Å². The van der Waals surface area contributed by atoms with Gasteiger partial charge in [0, 0.05) is 16.3 Å². The van der Waals surface area contributed by atoms with Crippen LogP contribution in [0.1, 0.15) is 60.0 Å². The average molecular weight is 497 g/mol. The highest BCUT2D eigenvalue weighted by molar-refractivity contribution is 6.31. The zero-order chi connectivity index (χ0) is 23.9. The minimum atomic E-state index is -4.64. The predicted octanol–water partition coefficient (Wildman–Crippen LogP) is 4.70. The summed E-state index contributed by atoms with van der Waals surface area (Å²) in [6, 6.07) is 8.49. The smallest absolute Gasteiger partial charge is 0.422 e. The van der Waals surface area contributed by atoms with Crippen LogP contribution in [0, 0.1) is 0 Å². The molecular formula is C22H20ClF3N4O4. The molecule has 1 saturated heterocycles. The van der Waals surface area contributed by atoms with Gasteiger partial charge in [0.1, 0.15) is 11.8 Å². The van der Waals surface area contributed by atoms with Crippen molar-refractivity contribution in [1.29, 1.82) is 0 Å². The van der Waals surface area contributed by atoms with Gasteiger partial charge in [-0.25, -0.2) is 4.98 Å². The summed E-state index contributed by atoms with van der Waals surface area (Å²) in [6.45, 7) is 0.252. The van der Waals surface area contributed by atoms with E-state index in [1.165, 1.54) is 0 Å². The van der Waals surface area contributed by atoms with Gasteiger partial charge in [-0.15, -0.1) is 23.4 Å². The van der Waals surface area contributed by atoms with Crippen LogP contribution in [0.25, 0.3) is 10.9 Å². The fourth-order valence-corrected chi connectivity index (χ4v) is 4.32. The van der Waals surface area contributed by atoms with Gasteiger partial charge < -0.3 is 14.5 Å². The maximum Gasteiger partial charge on any atom is 0.522 e. The number of benzene rings is 1. The lowest BCUT2D eigenvalue weighted by Gasteiger charge is -2.33. The number of ether oxygens (including phenoxy) is 2. The lowest BCUT2D eigenvalue weighted by atomic mass is 9.82. The quantitative estimate of drug-likeness (QED) is 0.546. The van der Waals surface area contributed by atoms with Crippen LogP contribution in [-0.2, 0) is 9.47 Å². The predicted molar refractivity (Wildman–Crippen MR) is 113 cm³/mol. The maximum absolute atomic E-state index is 12.6. The van der Waals surface area contributed by atoms with Crippen LogP contribution in [0.4, 0.5) is 13.2 Å². The second-order valence-corrected chi connectivity index (χ2v) is 8.87. The molecule has 12 heteroatoms. The first kappa shape index (κ1) is 23.0. The molecule has 1 amide bonds. The van der Waals surface area contributed by atoms with Gasteiger partial charge in [0.05, 0.1) is 24.3 Å². The molecule has 180 valence electrons. The molecule has 8 nitrogen and oxygen atoms in total. The molecule has 0 radical (unpaired) electrons. The Morgan fingerprint density at radius 1 is 1.12 bits per heavy atom. The Labute approximate surface area is 196 Å². The Bertz CT molecular complexity index is 1190. The van der Waals surface area contributed by atoms with Crippen LogP contribution in [0.2, 0.25) is 5.02 Å². The minimum Gasteiger partial charge on any atom is -0.422 e. The van der Waals surface area contributed by atoms with Gasteiger partial charge >= 0.3 is 6.36 Å². The maximum atomic E-state index is 12.6. The van der Waals surface area contributed by atoms with E-state index >= 15 is 0 Å². The van der Waals surface area contributed by atoms with Crippen molar-refractivity contribution in [3.8, 4) is 0 Å². The third-order valence-corrected chi connectivity index (χ3v) is 6.21. The van der Waals surface area contributed by atoms with Crippen LogP contribution < -0.4 is 5.32 Å². The Kier molecular flexibility index (Phi) is 6.17. The summed E-state index contributed by atoms with van der Waals surface area (Å²) in [5, 5.41) is 12.3. The van der Waals surface area contributed by atoms with Gasteiger partial charge in [0.25, 0.3) is 5.91 Å². The summed E-state index contributed by atoms with van der Waals surface area (Å²) in [4.78, 5) is 17.0. The van der Waals surface area contributed by atoms with Crippen LogP contribution in [-0.4, -0.2) is 46.2 Å². The molecule has 0 unspecified atom stereocenters. The Balaban J connectivity index is 1.12. The Hall–Kier alpha value is -2.76. The molecule has 2 fully saturated rings. The van der Waals surface area contributed by atoms with Crippen molar-refractivity contribution in [2.45, 2.75) is 56.2 Å². The van der Waals surface area contributed by atoms with Crippen molar-refractivity contribution < 1.29 is 31.9 Å². The van der Waals surface area contributed by atoms with Gasteiger partial charge in [-0.3, -0.25) is 9.53 Å². The van der Waals surface area contributed by atoms with E-state index in [9.17, 15) is 18.0 Å². The summed E-state index contributed by atoms with van der Waals surface area (Å²) >= 11 is 5.98. The van der Waals surface area contributed by atoms with Crippen LogP contribution in [0.3, 0.4) is 0 Å². The van der Waals surface area contributed by atoms with E-state index in [1.807, 2.05) is 0 Å². The SMILES string of the molecule is O=C(N[C@@H]1CC[C@@H](c2nnc([C@H]3C[C@@H](OC(F)(F)F)C3)o2)OC1)c1ccc2cc(Cl)ccc2n1. The van der Waals surface area contributed by atoms with Crippen molar-refractivity contribution in [2.24, 2.45) is 0 Å². The Morgan fingerprint density at radius 3 is 2.65 bits per heavy atom. The normalized spacial score (nSPS) is 25.2. The molecule has 0 spiro atoms. The summed E-state index contributed by atoms with van der Waals surface area (Å²) in [5.41, 5.74) is 0.971. The third kappa shape index (κ3) is 5.16. The molecule has 2 atom stereocenters. The van der Waals surface area contributed by atoms with E-state index in [4.69, 9.17) is 20.8 Å². The van der Waals surface area contributed by atoms with Crippen molar-refractivity contribution in [3.05, 3.63) is 52.8 Å². The van der Waals surface area contributed by atoms with E-state index in [1.54, 1.807) is 30.3 Å². The fourth-order valence-electron chi connectivity index (χ4n) is 4.14. The number of fused-ring (bicyclic) bond motifs is 1. The molecule has 3 heterocycles. The number of amides is 1. The zero-order valence-electron chi connectivity index (χ0n) is 17.7. The minimum absolute atomic E-state index is 0.177. The van der Waals surface area contributed by atoms with Crippen LogP contribution in [0.15, 0.2) is 34.7 Å². The molecular weight excluding hydrogens is 477 g/mol. The number of carbonyl (C=O) groups excluding carboxylic acids is 1. The van der Waals surface area contributed by atoms with Crippen molar-refractivity contribution in [3.63, 3.8) is 0 Å². The lowest BCUT2D eigenvalue weighted by Crippen LogP contribution is -2.41. The molecule has 2 aromatic heterocycles. The number of rotatable bonds is 5. The summed E-state index contributed by atoms with van der Waals surface area (Å²) in [7, 11) is 0. The van der Waals surface area contributed by atoms with E-state index in [2.05, 4.69) is 25.2 Å². The number of carbonyl (C=O) groups is 1. The van der Waals surface area contributed by atoms with E-state index in [0.29, 0.717) is 35.0 Å². The van der Waals surface area contributed by atoms with Crippen molar-refractivity contribution in [2.75, 3.05) is 6.61 Å². The first-order chi connectivity index (χ1) is 16.2. The molecule has 1 N–H and O–H groups in total. The lowest BCUT2D eigenvalue weighted by molar-refractivity contribution is -0.352. The average Bonchev–Trinajstić information content (AvgIpc) is 3.25. The fraction of sp³-hybridized carbons (Fsp3) is 0.455. The molecule has 2 aliphatic rings. The third-order valence-electron chi connectivity index (χ3n) is 5.97. The highest BCUT2D eigenvalue weighted by atomic mass is 35.5. The molecule has 1 aliphatic carbocycles. The second kappa shape index (κ2) is 9.12. The first-order valence-corrected chi connectivity index (χ1v) is 11.2. The molecule has 1 aromatic carbocycles. The zero-order valence-corrected chi connectivity index (χ0v) is 18.5. The molecule has 1 aliphatic heterocycles. The van der Waals surface area contributed by atoms with E-state index < -0.39 is 18.6 Å². The second-order valence-electron chi connectivity index (χ2n) is 8.44. The number of halogens is 4. The number of hydrogen-bond acceptors (Lipinski definition) is 7. The number of alkyl halides is 3. The molecule has 0 bridgehead atoms. The largest absolute Gasteiger partial charge is 0.522 e. The molecule has 34 heavy (non-hydrogen) atoms. The highest BCUT2D eigenvalue weighted by Crippen LogP contribution is 2.41. The van der Waals surface area contributed by atoms with Gasteiger partial charge in [-0.1, -0.05) is 17.7 Å². The van der Waals surface area contributed by atoms with E-state index in [-0.39, 0.29) is 43.2 Å². The monoisotopic (exact) mass is 496 g/mol. The standard InChI is InChI=1S/C22H20ClF3N4O4/c23-13-2-5-16-11(7-13)1-4-17(28-16)19(31)27-14-3-6-18(32-10-14)21-30-29-20(33-21)12-8-15(9-12)34-22(24,25)26/h1-2,4-5,7,12,14-15,18H,3,6,8-10H2,(H,27,31)/t12-,14-,15+,18+/m1/s1. The number of nitrogens with one attached hydrogen (secondary N) is 1. The van der Waals surface area contributed by atoms with E-state index in [0.717, 1.165) is 5.39 Å². The molecule has 1 saturated carbocycles. The van der Waals surface area contributed by atoms with Crippen molar-refractivity contribution in [1.82, 2.24) is 20.5 Å². The highest BCUT2D eigenvalue weighted by Gasteiger charge is 2.42. The van der Waals surface area contributed by atoms with Gasteiger partial charge in [-0.05, 0) is 49.9 Å². The van der Waals surface area contributed by atoms with Crippen LogP contribution >= 0.6 is 11.6 Å². The van der Waals surface area contributed by atoms with Gasteiger partial charge in [0.2, 0.25) is 11.8 Å². The summed E-state index contributed by atoms with van der Waals surface area (Å²) < 4.78 is 52.2. The van der Waals surface area contributed by atoms with Gasteiger partial charge in [-0.2, -0.15) is 0 Å². The van der Waals surface area contributed by atoms with Crippen LogP contribution in [0.5, 0.6) is 0 Å². The van der Waals surface area contributed by atoms with Crippen molar-refractivity contribution >= 4 is 28.4 Å². The van der Waals surface area contributed by atoms with Gasteiger partial charge in [0.15, 0.2) is 0 Å². The first-order valence-electron chi connectivity index (χ1n) is 10.8. The molecule has 3 aromatic rings. The number of pyridine rings is 1. The summed E-state index contributed by atoms with van der Waals surface area (Å²) in [5.74, 6) is 0.0221. The number of nitrogens with zero attached hydrogens (tertiary/aromatic N) is 3. The summed E-state index contributed by atoms with van der Waals surface area (Å²) in [6.07, 6.45) is -4.43.